The van der Waals surface area contributed by atoms with Crippen LogP contribution in [0.1, 0.15) is 29.0 Å². The number of benzene rings is 1. The standard InChI is InChI=1S/C18H23N7O2/c1-13-20-21-22-25(13)15-6-4-5-14(11-15)17(26)24-10-7-19-12-16(24)18(27)23-8-2-3-9-23/h4-6,11,16,19H,2-3,7-10,12H2,1H3. The van der Waals surface area contributed by atoms with Crippen LogP contribution in [-0.2, 0) is 4.79 Å². The van der Waals surface area contributed by atoms with Crippen molar-refractivity contribution in [2.24, 2.45) is 0 Å². The summed E-state index contributed by atoms with van der Waals surface area (Å²) in [5, 5.41) is 14.7. The molecular weight excluding hydrogens is 346 g/mol. The zero-order valence-electron chi connectivity index (χ0n) is 15.3. The number of piperazine rings is 1. The number of rotatable bonds is 3. The van der Waals surface area contributed by atoms with Gasteiger partial charge in [-0.05, 0) is 48.4 Å². The van der Waals surface area contributed by atoms with E-state index in [1.807, 2.05) is 17.0 Å². The van der Waals surface area contributed by atoms with Crippen molar-refractivity contribution in [1.82, 2.24) is 35.3 Å². The molecule has 1 unspecified atom stereocenters. The van der Waals surface area contributed by atoms with E-state index in [4.69, 9.17) is 0 Å². The van der Waals surface area contributed by atoms with Crippen molar-refractivity contribution in [2.45, 2.75) is 25.8 Å². The molecule has 4 rings (SSSR count). The second-order valence-electron chi connectivity index (χ2n) is 6.94. The smallest absolute Gasteiger partial charge is 0.254 e. The second kappa shape index (κ2) is 7.43. The van der Waals surface area contributed by atoms with Gasteiger partial charge in [-0.3, -0.25) is 9.59 Å². The average Bonchev–Trinajstić information content (AvgIpc) is 3.39. The van der Waals surface area contributed by atoms with E-state index in [1.54, 1.807) is 28.6 Å². The van der Waals surface area contributed by atoms with Gasteiger partial charge in [0.25, 0.3) is 5.91 Å². The Kier molecular flexibility index (Phi) is 4.85. The van der Waals surface area contributed by atoms with Gasteiger partial charge in [0.15, 0.2) is 5.82 Å². The van der Waals surface area contributed by atoms with Gasteiger partial charge in [0.05, 0.1) is 5.69 Å². The molecule has 9 heteroatoms. The summed E-state index contributed by atoms with van der Waals surface area (Å²) in [6.45, 7) is 5.05. The monoisotopic (exact) mass is 369 g/mol. The van der Waals surface area contributed by atoms with Crippen molar-refractivity contribution in [3.05, 3.63) is 35.7 Å². The third-order valence-electron chi connectivity index (χ3n) is 5.17. The zero-order chi connectivity index (χ0) is 18.8. The Labute approximate surface area is 157 Å². The number of carbonyl (C=O) groups excluding carboxylic acids is 2. The molecule has 0 radical (unpaired) electrons. The molecule has 27 heavy (non-hydrogen) atoms. The van der Waals surface area contributed by atoms with Crippen LogP contribution in [0.4, 0.5) is 0 Å². The van der Waals surface area contributed by atoms with E-state index in [0.717, 1.165) is 31.6 Å². The minimum Gasteiger partial charge on any atom is -0.341 e. The minimum absolute atomic E-state index is 0.0422. The van der Waals surface area contributed by atoms with Crippen LogP contribution in [0, 0.1) is 6.92 Å². The maximum Gasteiger partial charge on any atom is 0.254 e. The summed E-state index contributed by atoms with van der Waals surface area (Å²) in [7, 11) is 0. The molecule has 142 valence electrons. The lowest BCUT2D eigenvalue weighted by Gasteiger charge is -2.37. The maximum absolute atomic E-state index is 13.2. The molecule has 1 aromatic carbocycles. The van der Waals surface area contributed by atoms with Gasteiger partial charge in [-0.2, -0.15) is 4.68 Å². The SMILES string of the molecule is Cc1nnnn1-c1cccc(C(=O)N2CCNCC2C(=O)N2CCCC2)c1. The van der Waals surface area contributed by atoms with Crippen molar-refractivity contribution in [1.29, 1.82) is 0 Å². The van der Waals surface area contributed by atoms with Crippen LogP contribution in [0.2, 0.25) is 0 Å². The first-order valence-corrected chi connectivity index (χ1v) is 9.31. The molecule has 9 nitrogen and oxygen atoms in total. The lowest BCUT2D eigenvalue weighted by atomic mass is 10.1. The molecule has 1 atom stereocenters. The highest BCUT2D eigenvalue weighted by atomic mass is 16.2. The van der Waals surface area contributed by atoms with Gasteiger partial charge in [0.2, 0.25) is 5.91 Å². The van der Waals surface area contributed by atoms with Crippen LogP contribution >= 0.6 is 0 Å². The summed E-state index contributed by atoms with van der Waals surface area (Å²) in [5.74, 6) is 0.547. The van der Waals surface area contributed by atoms with Crippen LogP contribution < -0.4 is 5.32 Å². The summed E-state index contributed by atoms with van der Waals surface area (Å²) in [4.78, 5) is 29.7. The first-order valence-electron chi connectivity index (χ1n) is 9.31. The summed E-state index contributed by atoms with van der Waals surface area (Å²) >= 11 is 0. The predicted octanol–water partition coefficient (Wildman–Crippen LogP) is 0.00712. The normalized spacial score (nSPS) is 20.1. The predicted molar refractivity (Wildman–Crippen MR) is 97.4 cm³/mol. The zero-order valence-corrected chi connectivity index (χ0v) is 15.3. The number of likely N-dealkylation sites (tertiary alicyclic amines) is 1. The molecule has 2 fully saturated rings. The van der Waals surface area contributed by atoms with Gasteiger partial charge in [-0.25, -0.2) is 0 Å². The highest BCUT2D eigenvalue weighted by Crippen LogP contribution is 2.18. The van der Waals surface area contributed by atoms with Crippen molar-refractivity contribution in [3.63, 3.8) is 0 Å². The Morgan fingerprint density at radius 3 is 2.74 bits per heavy atom. The summed E-state index contributed by atoms with van der Waals surface area (Å²) in [6.07, 6.45) is 2.07. The molecule has 2 aliphatic rings. The van der Waals surface area contributed by atoms with Crippen LogP contribution in [0.3, 0.4) is 0 Å². The van der Waals surface area contributed by atoms with Crippen molar-refractivity contribution < 1.29 is 9.59 Å². The van der Waals surface area contributed by atoms with E-state index < -0.39 is 6.04 Å². The number of aromatic nitrogens is 4. The molecule has 3 heterocycles. The fourth-order valence-electron chi connectivity index (χ4n) is 3.72. The van der Waals surface area contributed by atoms with Crippen LogP contribution in [-0.4, -0.2) is 80.6 Å². The fourth-order valence-corrected chi connectivity index (χ4v) is 3.72. The van der Waals surface area contributed by atoms with Crippen LogP contribution in [0.5, 0.6) is 0 Å². The van der Waals surface area contributed by atoms with Crippen molar-refractivity contribution in [3.8, 4) is 5.69 Å². The fraction of sp³-hybridized carbons (Fsp3) is 0.500. The van der Waals surface area contributed by atoms with Crippen molar-refractivity contribution >= 4 is 11.8 Å². The minimum atomic E-state index is -0.456. The van der Waals surface area contributed by atoms with Gasteiger partial charge in [0.1, 0.15) is 6.04 Å². The third kappa shape index (κ3) is 3.42. The first kappa shape index (κ1) is 17.6. The molecule has 1 N–H and O–H groups in total. The molecule has 2 amide bonds. The average molecular weight is 369 g/mol. The lowest BCUT2D eigenvalue weighted by molar-refractivity contribution is -0.135. The molecule has 2 saturated heterocycles. The third-order valence-corrected chi connectivity index (χ3v) is 5.17. The van der Waals surface area contributed by atoms with Gasteiger partial charge >= 0.3 is 0 Å². The molecule has 0 saturated carbocycles. The number of hydrogen-bond donors (Lipinski definition) is 1. The second-order valence-corrected chi connectivity index (χ2v) is 6.94. The van der Waals surface area contributed by atoms with Gasteiger partial charge < -0.3 is 15.1 Å². The summed E-state index contributed by atoms with van der Waals surface area (Å²) in [6, 6.07) is 6.74. The molecule has 2 aliphatic heterocycles. The lowest BCUT2D eigenvalue weighted by Crippen LogP contribution is -2.59. The summed E-state index contributed by atoms with van der Waals surface area (Å²) in [5.41, 5.74) is 1.25. The topological polar surface area (TPSA) is 96.2 Å². The molecule has 0 bridgehead atoms. The van der Waals surface area contributed by atoms with Gasteiger partial charge in [-0.1, -0.05) is 6.07 Å². The van der Waals surface area contributed by atoms with E-state index in [-0.39, 0.29) is 11.8 Å². The number of hydrogen-bond acceptors (Lipinski definition) is 6. The van der Waals surface area contributed by atoms with Gasteiger partial charge in [0, 0.05) is 38.3 Å². The Morgan fingerprint density at radius 2 is 2.00 bits per heavy atom. The van der Waals surface area contributed by atoms with Gasteiger partial charge in [-0.15, -0.1) is 5.10 Å². The van der Waals surface area contributed by atoms with Crippen LogP contribution in [0.25, 0.3) is 5.69 Å². The number of amides is 2. The number of aryl methyl sites for hydroxylation is 1. The van der Waals surface area contributed by atoms with Crippen molar-refractivity contribution in [2.75, 3.05) is 32.7 Å². The van der Waals surface area contributed by atoms with E-state index in [2.05, 4.69) is 20.8 Å². The number of nitrogens with zero attached hydrogens (tertiary/aromatic N) is 6. The molecule has 0 spiro atoms. The quantitative estimate of drug-likeness (QED) is 0.819. The maximum atomic E-state index is 13.2. The van der Waals surface area contributed by atoms with E-state index in [1.165, 1.54) is 0 Å². The van der Waals surface area contributed by atoms with E-state index in [9.17, 15) is 9.59 Å². The number of nitrogens with one attached hydrogen (secondary N) is 1. The molecule has 2 aromatic rings. The highest BCUT2D eigenvalue weighted by molar-refractivity contribution is 5.98. The first-order chi connectivity index (χ1) is 13.1. The molecule has 1 aromatic heterocycles. The molecule has 0 aliphatic carbocycles. The van der Waals surface area contributed by atoms with E-state index >= 15 is 0 Å². The Hall–Kier alpha value is -2.81. The van der Waals surface area contributed by atoms with Crippen LogP contribution in [0.15, 0.2) is 24.3 Å². The Morgan fingerprint density at radius 1 is 1.19 bits per heavy atom. The number of tetrazole rings is 1. The van der Waals surface area contributed by atoms with E-state index in [0.29, 0.717) is 31.0 Å². The largest absolute Gasteiger partial charge is 0.341 e. The highest BCUT2D eigenvalue weighted by Gasteiger charge is 2.36. The Bertz CT molecular complexity index is 844. The molecular formula is C18H23N7O2. The Balaban J connectivity index is 1.58. The summed E-state index contributed by atoms with van der Waals surface area (Å²) < 4.78 is 1.58. The number of carbonyl (C=O) groups is 2.